The molecule has 0 atom stereocenters. The van der Waals surface area contributed by atoms with Gasteiger partial charge >= 0.3 is 5.97 Å². The molecule has 0 fully saturated rings. The second-order valence-electron chi connectivity index (χ2n) is 7.04. The maximum atomic E-state index is 11.2. The summed E-state index contributed by atoms with van der Waals surface area (Å²) >= 11 is 0. The van der Waals surface area contributed by atoms with Crippen LogP contribution < -0.4 is 4.74 Å². The topological polar surface area (TPSA) is 44.8 Å². The van der Waals surface area contributed by atoms with Crippen molar-refractivity contribution in [2.24, 2.45) is 0 Å². The van der Waals surface area contributed by atoms with Gasteiger partial charge in [-0.1, -0.05) is 72.8 Å². The molecule has 0 radical (unpaired) electrons. The van der Waals surface area contributed by atoms with E-state index in [1.165, 1.54) is 23.8 Å². The molecule has 3 aromatic carbocycles. The molecule has 0 aromatic heterocycles. The standard InChI is InChI=1S/C26H28O4/c1-28-25(27)20-30-24-17-10-12-21(19-24)11-8-9-18-29-26(22-13-4-2-5-14-22)23-15-6-3-7-16-23/h2-7,10,12-17,19,26H,8-9,11,18,20H2,1H3. The van der Waals surface area contributed by atoms with Gasteiger partial charge in [0.1, 0.15) is 11.9 Å². The summed E-state index contributed by atoms with van der Waals surface area (Å²) in [6.45, 7) is 0.612. The molecule has 0 heterocycles. The van der Waals surface area contributed by atoms with Gasteiger partial charge in [0, 0.05) is 6.61 Å². The number of aryl methyl sites for hydroxylation is 1. The quantitative estimate of drug-likeness (QED) is 0.318. The second-order valence-corrected chi connectivity index (χ2v) is 7.04. The number of carbonyl (C=O) groups excluding carboxylic acids is 1. The Morgan fingerprint density at radius 1 is 0.833 bits per heavy atom. The number of esters is 1. The summed E-state index contributed by atoms with van der Waals surface area (Å²) in [4.78, 5) is 11.2. The number of carbonyl (C=O) groups is 1. The Labute approximate surface area is 178 Å². The first kappa shape index (κ1) is 21.6. The van der Waals surface area contributed by atoms with Crippen molar-refractivity contribution in [2.75, 3.05) is 20.3 Å². The zero-order chi connectivity index (χ0) is 21.0. The van der Waals surface area contributed by atoms with E-state index in [1.54, 1.807) is 0 Å². The summed E-state index contributed by atoms with van der Waals surface area (Å²) in [5.41, 5.74) is 3.51. The third-order valence-electron chi connectivity index (χ3n) is 4.83. The summed E-state index contributed by atoms with van der Waals surface area (Å²) < 4.78 is 16.3. The molecule has 30 heavy (non-hydrogen) atoms. The maximum absolute atomic E-state index is 11.2. The van der Waals surface area contributed by atoms with Crippen LogP contribution in [0.4, 0.5) is 0 Å². The summed E-state index contributed by atoms with van der Waals surface area (Å²) in [6.07, 6.45) is 2.85. The maximum Gasteiger partial charge on any atom is 0.343 e. The predicted octanol–water partition coefficient (Wildman–Crippen LogP) is 5.37. The molecule has 0 saturated heterocycles. The molecule has 0 aliphatic heterocycles. The molecule has 0 aliphatic carbocycles. The average Bonchev–Trinajstić information content (AvgIpc) is 2.81. The van der Waals surface area contributed by atoms with Crippen molar-refractivity contribution < 1.29 is 19.0 Å². The summed E-state index contributed by atoms with van der Waals surface area (Å²) in [5.74, 6) is 0.298. The Balaban J connectivity index is 1.48. The lowest BCUT2D eigenvalue weighted by molar-refractivity contribution is -0.142. The van der Waals surface area contributed by atoms with Crippen LogP contribution in [0.3, 0.4) is 0 Å². The Hall–Kier alpha value is -3.11. The highest BCUT2D eigenvalue weighted by molar-refractivity contribution is 5.70. The van der Waals surface area contributed by atoms with Crippen LogP contribution in [0.1, 0.15) is 35.6 Å². The fourth-order valence-electron chi connectivity index (χ4n) is 3.26. The van der Waals surface area contributed by atoms with Crippen LogP contribution in [0.2, 0.25) is 0 Å². The zero-order valence-electron chi connectivity index (χ0n) is 17.3. The molecule has 0 amide bonds. The molecule has 4 nitrogen and oxygen atoms in total. The number of unbranched alkanes of at least 4 members (excludes halogenated alkanes) is 1. The number of ether oxygens (including phenoxy) is 3. The van der Waals surface area contributed by atoms with Crippen LogP contribution >= 0.6 is 0 Å². The first-order valence-electron chi connectivity index (χ1n) is 10.3. The highest BCUT2D eigenvalue weighted by Crippen LogP contribution is 2.26. The van der Waals surface area contributed by atoms with E-state index < -0.39 is 0 Å². The molecule has 0 spiro atoms. The number of rotatable bonds is 11. The van der Waals surface area contributed by atoms with E-state index in [1.807, 2.05) is 54.6 Å². The van der Waals surface area contributed by atoms with Crippen molar-refractivity contribution in [2.45, 2.75) is 25.4 Å². The van der Waals surface area contributed by atoms with Crippen molar-refractivity contribution in [3.8, 4) is 5.75 Å². The molecule has 0 N–H and O–H groups in total. The van der Waals surface area contributed by atoms with Crippen LogP contribution in [-0.4, -0.2) is 26.3 Å². The van der Waals surface area contributed by atoms with E-state index in [-0.39, 0.29) is 18.7 Å². The molecule has 4 heteroatoms. The lowest BCUT2D eigenvalue weighted by atomic mass is 10.0. The van der Waals surface area contributed by atoms with Crippen molar-refractivity contribution in [1.82, 2.24) is 0 Å². The number of hydrogen-bond acceptors (Lipinski definition) is 4. The fraction of sp³-hybridized carbons (Fsp3) is 0.269. The lowest BCUT2D eigenvalue weighted by Crippen LogP contribution is -2.12. The third kappa shape index (κ3) is 6.75. The van der Waals surface area contributed by atoms with Gasteiger partial charge in [-0.05, 0) is 48.1 Å². The van der Waals surface area contributed by atoms with Crippen LogP contribution in [0.5, 0.6) is 5.75 Å². The van der Waals surface area contributed by atoms with E-state index in [9.17, 15) is 4.79 Å². The average molecular weight is 405 g/mol. The number of hydrogen-bond donors (Lipinski definition) is 0. The van der Waals surface area contributed by atoms with Gasteiger partial charge < -0.3 is 14.2 Å². The predicted molar refractivity (Wildman–Crippen MR) is 118 cm³/mol. The Morgan fingerprint density at radius 3 is 2.13 bits per heavy atom. The van der Waals surface area contributed by atoms with Gasteiger partial charge in [0.2, 0.25) is 0 Å². The fourth-order valence-corrected chi connectivity index (χ4v) is 3.26. The molecule has 0 saturated carbocycles. The van der Waals surface area contributed by atoms with Gasteiger partial charge in [-0.2, -0.15) is 0 Å². The van der Waals surface area contributed by atoms with E-state index in [4.69, 9.17) is 9.47 Å². The minimum Gasteiger partial charge on any atom is -0.482 e. The second kappa shape index (κ2) is 11.8. The summed E-state index contributed by atoms with van der Waals surface area (Å²) in [7, 11) is 1.35. The van der Waals surface area contributed by atoms with Gasteiger partial charge in [-0.15, -0.1) is 0 Å². The molecular weight excluding hydrogens is 376 g/mol. The highest BCUT2D eigenvalue weighted by atomic mass is 16.6. The van der Waals surface area contributed by atoms with Crippen LogP contribution in [-0.2, 0) is 20.7 Å². The van der Waals surface area contributed by atoms with Crippen molar-refractivity contribution >= 4 is 5.97 Å². The largest absolute Gasteiger partial charge is 0.482 e. The van der Waals surface area contributed by atoms with Crippen molar-refractivity contribution in [3.63, 3.8) is 0 Å². The lowest BCUT2D eigenvalue weighted by Gasteiger charge is -2.19. The van der Waals surface area contributed by atoms with Crippen LogP contribution in [0.25, 0.3) is 0 Å². The van der Waals surface area contributed by atoms with Gasteiger partial charge in [0.05, 0.1) is 7.11 Å². The molecule has 0 unspecified atom stereocenters. The van der Waals surface area contributed by atoms with Crippen LogP contribution in [0.15, 0.2) is 84.9 Å². The minimum atomic E-state index is -0.385. The summed E-state index contributed by atoms with van der Waals surface area (Å²) in [5, 5.41) is 0. The SMILES string of the molecule is COC(=O)COc1cccc(CCCCOC(c2ccccc2)c2ccccc2)c1. The first-order chi connectivity index (χ1) is 14.8. The molecule has 0 aliphatic rings. The van der Waals surface area contributed by atoms with Gasteiger partial charge in [0.15, 0.2) is 6.61 Å². The smallest absolute Gasteiger partial charge is 0.343 e. The summed E-state index contributed by atoms with van der Waals surface area (Å²) in [6, 6.07) is 28.5. The zero-order valence-corrected chi connectivity index (χ0v) is 17.3. The Kier molecular flexibility index (Phi) is 8.48. The molecule has 3 aromatic rings. The van der Waals surface area contributed by atoms with Gasteiger partial charge in [-0.25, -0.2) is 4.79 Å². The van der Waals surface area contributed by atoms with Gasteiger partial charge in [0.25, 0.3) is 0 Å². The van der Waals surface area contributed by atoms with E-state index >= 15 is 0 Å². The first-order valence-corrected chi connectivity index (χ1v) is 10.3. The Bertz CT molecular complexity index is 854. The van der Waals surface area contributed by atoms with Gasteiger partial charge in [-0.3, -0.25) is 0 Å². The van der Waals surface area contributed by atoms with Crippen molar-refractivity contribution in [1.29, 1.82) is 0 Å². The van der Waals surface area contributed by atoms with Crippen LogP contribution in [0, 0.1) is 0 Å². The molecule has 3 rings (SSSR count). The monoisotopic (exact) mass is 404 g/mol. The van der Waals surface area contributed by atoms with E-state index in [0.717, 1.165) is 19.3 Å². The molecular formula is C26H28O4. The van der Waals surface area contributed by atoms with E-state index in [0.29, 0.717) is 12.4 Å². The molecule has 156 valence electrons. The normalized spacial score (nSPS) is 10.7. The highest BCUT2D eigenvalue weighted by Gasteiger charge is 2.13. The Morgan fingerprint density at radius 2 is 1.50 bits per heavy atom. The van der Waals surface area contributed by atoms with Crippen molar-refractivity contribution in [3.05, 3.63) is 102 Å². The third-order valence-corrected chi connectivity index (χ3v) is 4.83. The van der Waals surface area contributed by atoms with E-state index in [2.05, 4.69) is 35.1 Å². The number of methoxy groups -OCH3 is 1. The number of benzene rings is 3. The minimum absolute atomic E-state index is 0.0533. The molecule has 0 bridgehead atoms.